The van der Waals surface area contributed by atoms with Gasteiger partial charge in [-0.15, -0.1) is 0 Å². The minimum absolute atomic E-state index is 0.935. The highest BCUT2D eigenvalue weighted by Crippen LogP contribution is 2.39. The number of pyridine rings is 2. The molecule has 0 amide bonds. The molecule has 3 nitrogen and oxygen atoms in total. The van der Waals surface area contributed by atoms with Crippen LogP contribution in [0.25, 0.3) is 71.8 Å². The summed E-state index contributed by atoms with van der Waals surface area (Å²) in [4.78, 5) is 9.25. The molecular formula is C39H27N3. The van der Waals surface area contributed by atoms with Gasteiger partial charge in [-0.25, -0.2) is 0 Å². The Morgan fingerprint density at radius 1 is 0.524 bits per heavy atom. The third-order valence-corrected chi connectivity index (χ3v) is 8.24. The molecule has 0 radical (unpaired) electrons. The Morgan fingerprint density at radius 3 is 2.00 bits per heavy atom. The molecule has 198 valence electrons. The lowest BCUT2D eigenvalue weighted by molar-refractivity contribution is 1.18. The first kappa shape index (κ1) is 24.3. The third-order valence-electron chi connectivity index (χ3n) is 8.24. The molecule has 0 aliphatic heterocycles. The molecule has 3 heterocycles. The topological polar surface area (TPSA) is 30.7 Å². The van der Waals surface area contributed by atoms with Gasteiger partial charge in [0.05, 0.1) is 16.7 Å². The molecule has 0 bridgehead atoms. The summed E-state index contributed by atoms with van der Waals surface area (Å²) in [7, 11) is 0. The molecule has 0 saturated heterocycles. The highest BCUT2D eigenvalue weighted by atomic mass is 15.0. The predicted octanol–water partition coefficient (Wildman–Crippen LogP) is 10.0. The van der Waals surface area contributed by atoms with Gasteiger partial charge in [0, 0.05) is 51.1 Å². The average Bonchev–Trinajstić information content (AvgIpc) is 3.40. The lowest BCUT2D eigenvalue weighted by Crippen LogP contribution is -1.94. The van der Waals surface area contributed by atoms with Gasteiger partial charge in [0.15, 0.2) is 0 Å². The van der Waals surface area contributed by atoms with Crippen LogP contribution in [-0.4, -0.2) is 14.5 Å². The van der Waals surface area contributed by atoms with Crippen molar-refractivity contribution in [1.29, 1.82) is 0 Å². The molecule has 8 aromatic rings. The minimum Gasteiger partial charge on any atom is -0.309 e. The second kappa shape index (κ2) is 9.83. The molecule has 0 saturated carbocycles. The largest absolute Gasteiger partial charge is 0.309 e. The Balaban J connectivity index is 1.33. The smallest absolute Gasteiger partial charge is 0.0720 e. The van der Waals surface area contributed by atoms with E-state index in [1.807, 2.05) is 25.4 Å². The molecule has 3 heteroatoms. The van der Waals surface area contributed by atoms with Gasteiger partial charge in [-0.3, -0.25) is 9.97 Å². The van der Waals surface area contributed by atoms with Crippen LogP contribution in [0.1, 0.15) is 5.69 Å². The van der Waals surface area contributed by atoms with E-state index >= 15 is 0 Å². The summed E-state index contributed by atoms with van der Waals surface area (Å²) in [5.41, 5.74) is 11.2. The first-order valence-electron chi connectivity index (χ1n) is 14.2. The SMILES string of the molecule is Cc1ncccc1-c1ccc(-c2ccc3c4ccc5cc(-c6ccccc6)ccc5c4n(-c4ccccc4)c3c2)cn1. The van der Waals surface area contributed by atoms with E-state index < -0.39 is 0 Å². The van der Waals surface area contributed by atoms with E-state index in [9.17, 15) is 0 Å². The molecule has 0 atom stereocenters. The minimum atomic E-state index is 0.935. The van der Waals surface area contributed by atoms with Crippen molar-refractivity contribution in [2.45, 2.75) is 6.92 Å². The Hall–Kier alpha value is -5.54. The maximum Gasteiger partial charge on any atom is 0.0720 e. The molecule has 0 N–H and O–H groups in total. The number of hydrogen-bond donors (Lipinski definition) is 0. The fourth-order valence-corrected chi connectivity index (χ4v) is 6.15. The van der Waals surface area contributed by atoms with E-state index in [2.05, 4.69) is 137 Å². The summed E-state index contributed by atoms with van der Waals surface area (Å²) in [6.45, 7) is 2.02. The van der Waals surface area contributed by atoms with Gasteiger partial charge in [-0.1, -0.05) is 91.0 Å². The highest BCUT2D eigenvalue weighted by Gasteiger charge is 2.16. The molecular weight excluding hydrogens is 510 g/mol. The van der Waals surface area contributed by atoms with E-state index in [0.29, 0.717) is 0 Å². The molecule has 5 aromatic carbocycles. The number of aromatic nitrogens is 3. The standard InChI is InChI=1S/C39H27N3/c1-26-33(13-8-22-40-26)37-21-17-31(25-41-37)29-15-19-35-36-20-16-30-23-28(27-9-4-2-5-10-27)14-18-34(30)39(36)42(38(35)24-29)32-11-6-3-7-12-32/h2-25H,1H3. The van der Waals surface area contributed by atoms with Gasteiger partial charge in [-0.05, 0) is 71.5 Å². The van der Waals surface area contributed by atoms with Gasteiger partial charge < -0.3 is 4.57 Å². The second-order valence-corrected chi connectivity index (χ2v) is 10.7. The fourth-order valence-electron chi connectivity index (χ4n) is 6.15. The zero-order valence-electron chi connectivity index (χ0n) is 23.2. The number of rotatable bonds is 4. The zero-order valence-corrected chi connectivity index (χ0v) is 23.2. The van der Waals surface area contributed by atoms with Gasteiger partial charge in [0.25, 0.3) is 0 Å². The fraction of sp³-hybridized carbons (Fsp3) is 0.0256. The quantitative estimate of drug-likeness (QED) is 0.224. The molecule has 0 unspecified atom stereocenters. The van der Waals surface area contributed by atoms with Crippen LogP contribution in [0.2, 0.25) is 0 Å². The lowest BCUT2D eigenvalue weighted by atomic mass is 9.99. The third kappa shape index (κ3) is 3.98. The van der Waals surface area contributed by atoms with E-state index in [-0.39, 0.29) is 0 Å². The molecule has 3 aromatic heterocycles. The molecule has 0 fully saturated rings. The molecule has 0 aliphatic rings. The number of nitrogens with zero attached hydrogens (tertiary/aromatic N) is 3. The summed E-state index contributed by atoms with van der Waals surface area (Å²) in [6.07, 6.45) is 3.79. The number of fused-ring (bicyclic) bond motifs is 5. The molecule has 0 spiro atoms. The van der Waals surface area contributed by atoms with Gasteiger partial charge >= 0.3 is 0 Å². The van der Waals surface area contributed by atoms with Crippen LogP contribution in [-0.2, 0) is 0 Å². The van der Waals surface area contributed by atoms with E-state index in [1.54, 1.807) is 0 Å². The predicted molar refractivity (Wildman–Crippen MR) is 175 cm³/mol. The van der Waals surface area contributed by atoms with Gasteiger partial charge in [-0.2, -0.15) is 0 Å². The van der Waals surface area contributed by atoms with E-state index in [1.165, 1.54) is 43.7 Å². The van der Waals surface area contributed by atoms with Crippen LogP contribution in [0, 0.1) is 6.92 Å². The van der Waals surface area contributed by atoms with Gasteiger partial charge in [0.2, 0.25) is 0 Å². The normalized spacial score (nSPS) is 11.5. The summed E-state index contributed by atoms with van der Waals surface area (Å²) >= 11 is 0. The Bertz CT molecular complexity index is 2230. The van der Waals surface area contributed by atoms with Crippen molar-refractivity contribution in [2.24, 2.45) is 0 Å². The van der Waals surface area contributed by atoms with Crippen molar-refractivity contribution in [3.05, 3.63) is 152 Å². The zero-order chi connectivity index (χ0) is 28.0. The second-order valence-electron chi connectivity index (χ2n) is 10.7. The van der Waals surface area contributed by atoms with Gasteiger partial charge in [0.1, 0.15) is 0 Å². The summed E-state index contributed by atoms with van der Waals surface area (Å²) in [5, 5.41) is 4.96. The van der Waals surface area contributed by atoms with Crippen LogP contribution in [0.4, 0.5) is 0 Å². The number of hydrogen-bond acceptors (Lipinski definition) is 2. The van der Waals surface area contributed by atoms with Crippen molar-refractivity contribution in [2.75, 3.05) is 0 Å². The Kier molecular flexibility index (Phi) is 5.68. The van der Waals surface area contributed by atoms with Crippen LogP contribution < -0.4 is 0 Å². The van der Waals surface area contributed by atoms with Crippen molar-refractivity contribution in [1.82, 2.24) is 14.5 Å². The lowest BCUT2D eigenvalue weighted by Gasteiger charge is -2.11. The number of aryl methyl sites for hydroxylation is 1. The Labute approximate surface area is 244 Å². The maximum absolute atomic E-state index is 4.82. The maximum atomic E-state index is 4.82. The molecule has 42 heavy (non-hydrogen) atoms. The monoisotopic (exact) mass is 537 g/mol. The van der Waals surface area contributed by atoms with E-state index in [0.717, 1.165) is 33.8 Å². The van der Waals surface area contributed by atoms with Crippen LogP contribution in [0.3, 0.4) is 0 Å². The highest BCUT2D eigenvalue weighted by molar-refractivity contribution is 6.19. The first-order valence-corrected chi connectivity index (χ1v) is 14.2. The first-order chi connectivity index (χ1) is 20.7. The van der Waals surface area contributed by atoms with E-state index in [4.69, 9.17) is 4.98 Å². The number of para-hydroxylation sites is 1. The summed E-state index contributed by atoms with van der Waals surface area (Å²) in [6, 6.07) is 47.7. The average molecular weight is 538 g/mol. The van der Waals surface area contributed by atoms with Crippen LogP contribution in [0.5, 0.6) is 0 Å². The van der Waals surface area contributed by atoms with Crippen molar-refractivity contribution in [3.8, 4) is 39.2 Å². The molecule has 8 rings (SSSR count). The van der Waals surface area contributed by atoms with Crippen LogP contribution >= 0.6 is 0 Å². The summed E-state index contributed by atoms with van der Waals surface area (Å²) < 4.78 is 2.42. The molecule has 0 aliphatic carbocycles. The summed E-state index contributed by atoms with van der Waals surface area (Å²) in [5.74, 6) is 0. The van der Waals surface area contributed by atoms with Crippen molar-refractivity contribution < 1.29 is 0 Å². The van der Waals surface area contributed by atoms with Crippen molar-refractivity contribution >= 4 is 32.6 Å². The Morgan fingerprint density at radius 2 is 1.24 bits per heavy atom. The number of benzene rings is 5. The van der Waals surface area contributed by atoms with Crippen molar-refractivity contribution in [3.63, 3.8) is 0 Å². The van der Waals surface area contributed by atoms with Crippen LogP contribution in [0.15, 0.2) is 146 Å².